The standard InChI is InChI=1S/C17H18N4O3S/c22-15(20-7-1-2-8-20)12-25-17-19-18-16(14-6-4-10-24-14)21(17)11-13-5-3-9-23-13/h3-6,9-10H,1-2,7-8,11-12H2. The molecule has 3 aromatic rings. The third kappa shape index (κ3) is 3.48. The van der Waals surface area contributed by atoms with E-state index in [4.69, 9.17) is 8.83 Å². The highest BCUT2D eigenvalue weighted by atomic mass is 32.2. The number of likely N-dealkylation sites (tertiary alicyclic amines) is 1. The van der Waals surface area contributed by atoms with E-state index in [2.05, 4.69) is 10.2 Å². The predicted molar refractivity (Wildman–Crippen MR) is 92.1 cm³/mol. The highest BCUT2D eigenvalue weighted by Gasteiger charge is 2.21. The van der Waals surface area contributed by atoms with Gasteiger partial charge in [-0.15, -0.1) is 10.2 Å². The van der Waals surface area contributed by atoms with Crippen molar-refractivity contribution in [3.05, 3.63) is 42.6 Å². The van der Waals surface area contributed by atoms with Crippen LogP contribution in [-0.2, 0) is 11.3 Å². The van der Waals surface area contributed by atoms with Gasteiger partial charge >= 0.3 is 0 Å². The van der Waals surface area contributed by atoms with Gasteiger partial charge in [0.15, 0.2) is 10.9 Å². The molecule has 0 atom stereocenters. The molecule has 3 aromatic heterocycles. The number of rotatable bonds is 6. The van der Waals surface area contributed by atoms with E-state index in [-0.39, 0.29) is 5.91 Å². The number of furan rings is 2. The van der Waals surface area contributed by atoms with Gasteiger partial charge in [0.1, 0.15) is 5.76 Å². The number of amides is 1. The van der Waals surface area contributed by atoms with E-state index < -0.39 is 0 Å². The maximum Gasteiger partial charge on any atom is 0.233 e. The molecule has 25 heavy (non-hydrogen) atoms. The maximum atomic E-state index is 12.3. The number of carbonyl (C=O) groups is 1. The second kappa shape index (κ2) is 7.18. The van der Waals surface area contributed by atoms with Gasteiger partial charge in [0.25, 0.3) is 0 Å². The van der Waals surface area contributed by atoms with Crippen LogP contribution >= 0.6 is 11.8 Å². The van der Waals surface area contributed by atoms with E-state index >= 15 is 0 Å². The summed E-state index contributed by atoms with van der Waals surface area (Å²) in [5, 5.41) is 9.18. The van der Waals surface area contributed by atoms with Gasteiger partial charge < -0.3 is 13.7 Å². The zero-order valence-corrected chi connectivity index (χ0v) is 14.4. The number of hydrogen-bond donors (Lipinski definition) is 0. The topological polar surface area (TPSA) is 77.3 Å². The fraction of sp³-hybridized carbons (Fsp3) is 0.353. The summed E-state index contributed by atoms with van der Waals surface area (Å²) in [5.41, 5.74) is 0. The van der Waals surface area contributed by atoms with E-state index in [0.717, 1.165) is 31.7 Å². The lowest BCUT2D eigenvalue weighted by Crippen LogP contribution is -2.29. The Bertz CT molecular complexity index is 820. The van der Waals surface area contributed by atoms with E-state index in [1.54, 1.807) is 12.5 Å². The molecule has 0 spiro atoms. The van der Waals surface area contributed by atoms with Crippen LogP contribution in [0.3, 0.4) is 0 Å². The molecular weight excluding hydrogens is 340 g/mol. The van der Waals surface area contributed by atoms with E-state index in [9.17, 15) is 4.79 Å². The first-order chi connectivity index (χ1) is 12.3. The molecule has 1 aliphatic rings. The molecule has 0 aromatic carbocycles. The highest BCUT2D eigenvalue weighted by molar-refractivity contribution is 7.99. The fourth-order valence-corrected chi connectivity index (χ4v) is 3.71. The number of aromatic nitrogens is 3. The lowest BCUT2D eigenvalue weighted by molar-refractivity contribution is -0.127. The van der Waals surface area contributed by atoms with Crippen LogP contribution in [-0.4, -0.2) is 44.4 Å². The largest absolute Gasteiger partial charge is 0.467 e. The van der Waals surface area contributed by atoms with Crippen molar-refractivity contribution in [1.82, 2.24) is 19.7 Å². The third-order valence-electron chi connectivity index (χ3n) is 4.14. The molecule has 4 rings (SSSR count). The van der Waals surface area contributed by atoms with Crippen molar-refractivity contribution in [1.29, 1.82) is 0 Å². The molecule has 1 aliphatic heterocycles. The molecule has 130 valence electrons. The Kier molecular flexibility index (Phi) is 4.60. The summed E-state index contributed by atoms with van der Waals surface area (Å²) in [4.78, 5) is 14.2. The van der Waals surface area contributed by atoms with Crippen LogP contribution in [0.15, 0.2) is 50.8 Å². The molecule has 1 amide bonds. The van der Waals surface area contributed by atoms with Crippen LogP contribution in [0.25, 0.3) is 11.6 Å². The van der Waals surface area contributed by atoms with Crippen molar-refractivity contribution >= 4 is 17.7 Å². The van der Waals surface area contributed by atoms with Gasteiger partial charge in [0.05, 0.1) is 24.8 Å². The summed E-state index contributed by atoms with van der Waals surface area (Å²) in [6.07, 6.45) is 5.42. The van der Waals surface area contributed by atoms with Gasteiger partial charge in [-0.3, -0.25) is 9.36 Å². The molecule has 0 saturated carbocycles. The molecule has 8 heteroatoms. The molecular formula is C17H18N4O3S. The lowest BCUT2D eigenvalue weighted by atomic mass is 10.4. The lowest BCUT2D eigenvalue weighted by Gasteiger charge is -2.14. The van der Waals surface area contributed by atoms with Crippen LogP contribution in [0, 0.1) is 0 Å². The molecule has 0 bridgehead atoms. The summed E-state index contributed by atoms with van der Waals surface area (Å²) in [7, 11) is 0. The van der Waals surface area contributed by atoms with Gasteiger partial charge in [-0.1, -0.05) is 11.8 Å². The second-order valence-corrected chi connectivity index (χ2v) is 6.77. The molecule has 1 saturated heterocycles. The molecule has 1 fully saturated rings. The molecule has 0 radical (unpaired) electrons. The van der Waals surface area contributed by atoms with Crippen LogP contribution < -0.4 is 0 Å². The van der Waals surface area contributed by atoms with Crippen LogP contribution in [0.2, 0.25) is 0 Å². The monoisotopic (exact) mass is 358 g/mol. The van der Waals surface area contributed by atoms with Crippen molar-refractivity contribution in [2.45, 2.75) is 24.5 Å². The number of thioether (sulfide) groups is 1. The summed E-state index contributed by atoms with van der Waals surface area (Å²) in [6.45, 7) is 2.20. The molecule has 0 unspecified atom stereocenters. The van der Waals surface area contributed by atoms with Gasteiger partial charge in [0, 0.05) is 13.1 Å². The quantitative estimate of drug-likeness (QED) is 0.631. The van der Waals surface area contributed by atoms with Crippen LogP contribution in [0.5, 0.6) is 0 Å². The average molecular weight is 358 g/mol. The maximum absolute atomic E-state index is 12.3. The predicted octanol–water partition coefficient (Wildman–Crippen LogP) is 2.89. The first-order valence-corrected chi connectivity index (χ1v) is 9.20. The van der Waals surface area contributed by atoms with Crippen molar-refractivity contribution in [3.8, 4) is 11.6 Å². The van der Waals surface area contributed by atoms with Crippen molar-refractivity contribution in [2.75, 3.05) is 18.8 Å². The van der Waals surface area contributed by atoms with E-state index in [1.807, 2.05) is 33.7 Å². The molecule has 0 aliphatic carbocycles. The van der Waals surface area contributed by atoms with E-state index in [0.29, 0.717) is 29.0 Å². The SMILES string of the molecule is O=C(CSc1nnc(-c2ccco2)n1Cc1ccco1)N1CCCC1. The minimum Gasteiger partial charge on any atom is -0.467 e. The third-order valence-corrected chi connectivity index (χ3v) is 5.09. The number of nitrogens with zero attached hydrogens (tertiary/aromatic N) is 4. The first-order valence-electron chi connectivity index (χ1n) is 8.21. The van der Waals surface area contributed by atoms with Gasteiger partial charge in [-0.05, 0) is 37.1 Å². The number of carbonyl (C=O) groups excluding carboxylic acids is 1. The average Bonchev–Trinajstić information content (AvgIpc) is 3.40. The molecule has 7 nitrogen and oxygen atoms in total. The summed E-state index contributed by atoms with van der Waals surface area (Å²) < 4.78 is 12.8. The Morgan fingerprint density at radius 3 is 2.64 bits per heavy atom. The van der Waals surface area contributed by atoms with Crippen LogP contribution in [0.4, 0.5) is 0 Å². The van der Waals surface area contributed by atoms with Crippen molar-refractivity contribution in [3.63, 3.8) is 0 Å². The van der Waals surface area contributed by atoms with Gasteiger partial charge in [0.2, 0.25) is 11.7 Å². The van der Waals surface area contributed by atoms with Crippen LogP contribution in [0.1, 0.15) is 18.6 Å². The molecule has 0 N–H and O–H groups in total. The zero-order chi connectivity index (χ0) is 17.1. The Labute approximate surface area is 149 Å². The minimum absolute atomic E-state index is 0.148. The highest BCUT2D eigenvalue weighted by Crippen LogP contribution is 2.26. The van der Waals surface area contributed by atoms with Crippen molar-refractivity contribution < 1.29 is 13.6 Å². The Morgan fingerprint density at radius 1 is 1.12 bits per heavy atom. The Balaban J connectivity index is 1.55. The smallest absolute Gasteiger partial charge is 0.233 e. The Morgan fingerprint density at radius 2 is 1.92 bits per heavy atom. The molecule has 4 heterocycles. The van der Waals surface area contributed by atoms with Gasteiger partial charge in [-0.2, -0.15) is 0 Å². The normalized spacial score (nSPS) is 14.3. The summed E-state index contributed by atoms with van der Waals surface area (Å²) in [6, 6.07) is 7.39. The van der Waals surface area contributed by atoms with Gasteiger partial charge in [-0.25, -0.2) is 0 Å². The minimum atomic E-state index is 0.148. The van der Waals surface area contributed by atoms with E-state index in [1.165, 1.54) is 11.8 Å². The summed E-state index contributed by atoms with van der Waals surface area (Å²) in [5.74, 6) is 2.55. The van der Waals surface area contributed by atoms with Crippen molar-refractivity contribution in [2.24, 2.45) is 0 Å². The Hall–Kier alpha value is -2.48. The summed E-state index contributed by atoms with van der Waals surface area (Å²) >= 11 is 1.40. The first kappa shape index (κ1) is 16.0. The zero-order valence-electron chi connectivity index (χ0n) is 13.6. The number of hydrogen-bond acceptors (Lipinski definition) is 6. The second-order valence-electron chi connectivity index (χ2n) is 5.83. The fourth-order valence-electron chi connectivity index (χ4n) is 2.87.